The fourth-order valence-electron chi connectivity index (χ4n) is 3.03. The minimum atomic E-state index is -1.18. The summed E-state index contributed by atoms with van der Waals surface area (Å²) in [5, 5.41) is 9.37. The Morgan fingerprint density at radius 3 is 2.30 bits per heavy atom. The van der Waals surface area contributed by atoms with Crippen molar-refractivity contribution < 1.29 is 19.0 Å². The molecule has 0 bridgehead atoms. The van der Waals surface area contributed by atoms with Gasteiger partial charge in [0.1, 0.15) is 5.54 Å². The van der Waals surface area contributed by atoms with Crippen LogP contribution in [0.3, 0.4) is 0 Å². The van der Waals surface area contributed by atoms with E-state index in [1.54, 1.807) is 37.1 Å². The van der Waals surface area contributed by atoms with Crippen molar-refractivity contribution in [1.82, 2.24) is 4.90 Å². The summed E-state index contributed by atoms with van der Waals surface area (Å²) in [4.78, 5) is 14.6. The largest absolute Gasteiger partial charge is 0.493 e. The zero-order chi connectivity index (χ0) is 19.9. The van der Waals surface area contributed by atoms with Crippen LogP contribution in [0.2, 0.25) is 0 Å². The van der Waals surface area contributed by atoms with E-state index in [1.165, 1.54) is 14.2 Å². The van der Waals surface area contributed by atoms with E-state index in [0.717, 1.165) is 5.56 Å². The first-order valence-corrected chi connectivity index (χ1v) is 8.48. The van der Waals surface area contributed by atoms with Crippen LogP contribution in [0.4, 0.5) is 0 Å². The third-order valence-electron chi connectivity index (χ3n) is 4.64. The lowest BCUT2D eigenvalue weighted by molar-refractivity contribution is -0.155. The van der Waals surface area contributed by atoms with E-state index in [9.17, 15) is 10.1 Å². The fraction of sp³-hybridized carbons (Fsp3) is 0.333. The minimum Gasteiger partial charge on any atom is -0.493 e. The van der Waals surface area contributed by atoms with E-state index in [0.29, 0.717) is 23.6 Å². The molecule has 0 aliphatic heterocycles. The van der Waals surface area contributed by atoms with Gasteiger partial charge in [-0.3, -0.25) is 4.90 Å². The molecule has 0 unspecified atom stereocenters. The molecule has 2 aromatic rings. The van der Waals surface area contributed by atoms with Crippen LogP contribution in [0.5, 0.6) is 11.5 Å². The van der Waals surface area contributed by atoms with Crippen molar-refractivity contribution in [3.05, 3.63) is 59.7 Å². The number of ether oxygens (including phenoxy) is 3. The zero-order valence-corrected chi connectivity index (χ0v) is 16.1. The topological polar surface area (TPSA) is 71.8 Å². The van der Waals surface area contributed by atoms with Crippen molar-refractivity contribution in [3.63, 3.8) is 0 Å². The molecule has 0 amide bonds. The predicted molar refractivity (Wildman–Crippen MR) is 101 cm³/mol. The number of esters is 1. The molecule has 2 rings (SSSR count). The van der Waals surface area contributed by atoms with Gasteiger partial charge in [0.2, 0.25) is 0 Å². The molecule has 0 aliphatic rings. The Morgan fingerprint density at radius 2 is 1.74 bits per heavy atom. The number of nitriles is 1. The molecule has 0 aromatic heterocycles. The summed E-state index contributed by atoms with van der Waals surface area (Å²) in [6, 6.07) is 17.1. The molecular formula is C21H24N2O4. The van der Waals surface area contributed by atoms with Crippen LogP contribution < -0.4 is 9.47 Å². The Balaban J connectivity index is 2.56. The Hall–Kier alpha value is -3.04. The number of carbonyl (C=O) groups is 1. The molecule has 0 radical (unpaired) electrons. The summed E-state index contributed by atoms with van der Waals surface area (Å²) >= 11 is 0. The van der Waals surface area contributed by atoms with E-state index < -0.39 is 11.5 Å². The van der Waals surface area contributed by atoms with Gasteiger partial charge in [-0.1, -0.05) is 36.4 Å². The van der Waals surface area contributed by atoms with Gasteiger partial charge in [-0.15, -0.1) is 0 Å². The molecular weight excluding hydrogens is 344 g/mol. The van der Waals surface area contributed by atoms with Crippen LogP contribution in [0.1, 0.15) is 18.1 Å². The summed E-state index contributed by atoms with van der Waals surface area (Å²) in [5.74, 6) is 0.603. The zero-order valence-electron chi connectivity index (χ0n) is 16.1. The van der Waals surface area contributed by atoms with Crippen molar-refractivity contribution in [2.75, 3.05) is 27.9 Å². The number of nitrogens with zero attached hydrogens (tertiary/aromatic N) is 2. The van der Waals surface area contributed by atoms with Gasteiger partial charge in [0.25, 0.3) is 0 Å². The van der Waals surface area contributed by atoms with Crippen LogP contribution in [-0.4, -0.2) is 38.7 Å². The quantitative estimate of drug-likeness (QED) is 0.527. The maximum atomic E-state index is 12.8. The highest BCUT2D eigenvalue weighted by atomic mass is 16.5. The summed E-state index contributed by atoms with van der Waals surface area (Å²) in [6.45, 7) is 2.21. The third kappa shape index (κ3) is 4.21. The van der Waals surface area contributed by atoms with E-state index in [-0.39, 0.29) is 6.54 Å². The highest BCUT2D eigenvalue weighted by Crippen LogP contribution is 2.37. The summed E-state index contributed by atoms with van der Waals surface area (Å²) in [5.41, 5.74) is 0.460. The highest BCUT2D eigenvalue weighted by molar-refractivity contribution is 5.82. The van der Waals surface area contributed by atoms with Crippen LogP contribution in [-0.2, 0) is 21.6 Å². The first-order chi connectivity index (χ1) is 13.0. The molecule has 1 atom stereocenters. The Labute approximate surface area is 159 Å². The van der Waals surface area contributed by atoms with E-state index in [1.807, 2.05) is 30.3 Å². The maximum absolute atomic E-state index is 12.8. The van der Waals surface area contributed by atoms with Crippen molar-refractivity contribution in [2.45, 2.75) is 19.0 Å². The van der Waals surface area contributed by atoms with Crippen LogP contribution >= 0.6 is 0 Å². The number of hydrogen-bond acceptors (Lipinski definition) is 6. The van der Waals surface area contributed by atoms with Gasteiger partial charge >= 0.3 is 5.97 Å². The average Bonchev–Trinajstić information content (AvgIpc) is 2.72. The molecule has 6 nitrogen and oxygen atoms in total. The van der Waals surface area contributed by atoms with Gasteiger partial charge in [-0.2, -0.15) is 5.26 Å². The number of rotatable bonds is 8. The maximum Gasteiger partial charge on any atom is 0.330 e. The predicted octanol–water partition coefficient (Wildman–Crippen LogP) is 3.12. The van der Waals surface area contributed by atoms with Gasteiger partial charge in [0.15, 0.2) is 11.5 Å². The van der Waals surface area contributed by atoms with Gasteiger partial charge in [-0.05, 0) is 30.2 Å². The Morgan fingerprint density at radius 1 is 1.07 bits per heavy atom. The summed E-state index contributed by atoms with van der Waals surface area (Å²) < 4.78 is 15.8. The lowest BCUT2D eigenvalue weighted by atomic mass is 9.89. The summed E-state index contributed by atoms with van der Waals surface area (Å²) in [7, 11) is 4.43. The van der Waals surface area contributed by atoms with E-state index in [4.69, 9.17) is 14.2 Å². The van der Waals surface area contributed by atoms with Crippen molar-refractivity contribution >= 4 is 5.97 Å². The Bertz CT molecular complexity index is 817. The number of methoxy groups -OCH3 is 3. The van der Waals surface area contributed by atoms with Gasteiger partial charge in [0, 0.05) is 6.54 Å². The second kappa shape index (κ2) is 9.06. The first kappa shape index (κ1) is 20.3. The molecule has 0 heterocycles. The number of hydrogen-bond donors (Lipinski definition) is 0. The molecule has 0 spiro atoms. The van der Waals surface area contributed by atoms with E-state index >= 15 is 0 Å². The van der Waals surface area contributed by atoms with Crippen LogP contribution in [0.25, 0.3) is 0 Å². The molecule has 0 saturated carbocycles. The normalized spacial score (nSPS) is 12.7. The second-order valence-electron chi connectivity index (χ2n) is 6.13. The standard InChI is InChI=1S/C21H24N2O4/c1-21(20(24)27-4,17-10-11-18(25-2)19(14-17)26-3)23(13-12-22)15-16-8-6-5-7-9-16/h5-11,14H,13,15H2,1-4H3/t21-/m1/s1. The van der Waals surface area contributed by atoms with E-state index in [2.05, 4.69) is 6.07 Å². The fourth-order valence-corrected chi connectivity index (χ4v) is 3.03. The highest BCUT2D eigenvalue weighted by Gasteiger charge is 2.43. The van der Waals surface area contributed by atoms with Crippen molar-refractivity contribution in [2.24, 2.45) is 0 Å². The third-order valence-corrected chi connectivity index (χ3v) is 4.64. The van der Waals surface area contributed by atoms with Crippen LogP contribution in [0.15, 0.2) is 48.5 Å². The first-order valence-electron chi connectivity index (χ1n) is 8.48. The van der Waals surface area contributed by atoms with Crippen molar-refractivity contribution in [3.8, 4) is 17.6 Å². The molecule has 142 valence electrons. The summed E-state index contributed by atoms with van der Waals surface area (Å²) in [6.07, 6.45) is 0. The van der Waals surface area contributed by atoms with Crippen molar-refractivity contribution in [1.29, 1.82) is 5.26 Å². The van der Waals surface area contributed by atoms with Gasteiger partial charge < -0.3 is 14.2 Å². The smallest absolute Gasteiger partial charge is 0.330 e. The van der Waals surface area contributed by atoms with Crippen LogP contribution in [0, 0.1) is 11.3 Å². The molecule has 2 aromatic carbocycles. The number of carbonyl (C=O) groups excluding carboxylic acids is 1. The molecule has 27 heavy (non-hydrogen) atoms. The van der Waals surface area contributed by atoms with Gasteiger partial charge in [-0.25, -0.2) is 4.79 Å². The molecule has 0 aliphatic carbocycles. The average molecular weight is 368 g/mol. The monoisotopic (exact) mass is 368 g/mol. The Kier molecular flexibility index (Phi) is 6.80. The molecule has 0 fully saturated rings. The minimum absolute atomic E-state index is 0.0504. The second-order valence-corrected chi connectivity index (χ2v) is 6.13. The van der Waals surface area contributed by atoms with Gasteiger partial charge in [0.05, 0.1) is 33.9 Å². The lowest BCUT2D eigenvalue weighted by Crippen LogP contribution is -2.50. The molecule has 0 saturated heterocycles. The molecule has 0 N–H and O–H groups in total. The number of benzene rings is 2. The molecule has 6 heteroatoms. The lowest BCUT2D eigenvalue weighted by Gasteiger charge is -2.38. The SMILES string of the molecule is COC(=O)[C@@](C)(c1ccc(OC)c(OC)c1)N(CC#N)Cc1ccccc1.